The minimum Gasteiger partial charge on any atom is -0.373 e. The first kappa shape index (κ1) is 22.3. The Morgan fingerprint density at radius 1 is 1.09 bits per heavy atom. The van der Waals surface area contributed by atoms with E-state index in [0.29, 0.717) is 42.5 Å². The number of fused-ring (bicyclic) bond motifs is 2. The van der Waals surface area contributed by atoms with E-state index in [9.17, 15) is 18.0 Å². The molecular formula is C24H19F3N4O3S. The van der Waals surface area contributed by atoms with E-state index < -0.39 is 17.5 Å². The van der Waals surface area contributed by atoms with Crippen molar-refractivity contribution >= 4 is 17.2 Å². The first-order chi connectivity index (χ1) is 16.9. The highest BCUT2D eigenvalue weighted by molar-refractivity contribution is 7.05. The van der Waals surface area contributed by atoms with E-state index in [-0.39, 0.29) is 47.7 Å². The highest BCUT2D eigenvalue weighted by Crippen LogP contribution is 2.39. The molecule has 1 saturated heterocycles. The van der Waals surface area contributed by atoms with Crippen LogP contribution in [0, 0.1) is 24.4 Å². The number of aromatic nitrogens is 4. The highest BCUT2D eigenvalue weighted by atomic mass is 32.1. The number of nitrogens with zero attached hydrogens (tertiary/aromatic N) is 4. The van der Waals surface area contributed by atoms with Crippen LogP contribution in [-0.2, 0) is 22.7 Å². The van der Waals surface area contributed by atoms with Gasteiger partial charge >= 0.3 is 0 Å². The smallest absolute Gasteiger partial charge is 0.263 e. The van der Waals surface area contributed by atoms with E-state index in [1.165, 1.54) is 15.9 Å². The predicted octanol–water partition coefficient (Wildman–Crippen LogP) is 4.60. The zero-order valence-corrected chi connectivity index (χ0v) is 19.4. The van der Waals surface area contributed by atoms with Crippen molar-refractivity contribution in [2.24, 2.45) is 0 Å². The zero-order valence-electron chi connectivity index (χ0n) is 18.6. The summed E-state index contributed by atoms with van der Waals surface area (Å²) in [6.07, 6.45) is 2.62. The summed E-state index contributed by atoms with van der Waals surface area (Å²) in [5.41, 5.74) is 1.70. The molecule has 2 unspecified atom stereocenters. The van der Waals surface area contributed by atoms with Crippen molar-refractivity contribution in [2.75, 3.05) is 6.61 Å². The average Bonchev–Trinajstić information content (AvgIpc) is 3.50. The maximum Gasteiger partial charge on any atom is 0.263 e. The largest absolute Gasteiger partial charge is 0.373 e. The van der Waals surface area contributed by atoms with Crippen LogP contribution in [0.2, 0.25) is 0 Å². The van der Waals surface area contributed by atoms with Crippen LogP contribution in [-0.4, -0.2) is 25.3 Å². The molecule has 3 aromatic heterocycles. The van der Waals surface area contributed by atoms with Crippen LogP contribution in [0.5, 0.6) is 0 Å². The molecule has 35 heavy (non-hydrogen) atoms. The summed E-state index contributed by atoms with van der Waals surface area (Å²) in [6.45, 7) is 2.64. The lowest BCUT2D eigenvalue weighted by atomic mass is 9.91. The van der Waals surface area contributed by atoms with E-state index >= 15 is 0 Å². The van der Waals surface area contributed by atoms with Crippen LogP contribution in [0.3, 0.4) is 0 Å². The van der Waals surface area contributed by atoms with Gasteiger partial charge in [-0.3, -0.25) is 9.20 Å². The van der Waals surface area contributed by atoms with Gasteiger partial charge in [-0.25, -0.2) is 23.1 Å². The summed E-state index contributed by atoms with van der Waals surface area (Å²) >= 11 is 1.38. The lowest BCUT2D eigenvalue weighted by molar-refractivity contribution is 0.00674. The fourth-order valence-electron chi connectivity index (χ4n) is 4.64. The van der Waals surface area contributed by atoms with Crippen molar-refractivity contribution in [3.8, 4) is 11.3 Å². The van der Waals surface area contributed by atoms with Gasteiger partial charge < -0.3 is 9.47 Å². The predicted molar refractivity (Wildman–Crippen MR) is 121 cm³/mol. The van der Waals surface area contributed by atoms with Gasteiger partial charge in [0.1, 0.15) is 11.5 Å². The Hall–Kier alpha value is -3.15. The van der Waals surface area contributed by atoms with Gasteiger partial charge in [0.05, 0.1) is 46.8 Å². The standard InChI is InChI=1S/C24H19F3N4O3S/c1-11-4-21(35-30-11)20-5-12(2-3-34-20)18-8-31-23(29-19-10-33-9-14(19)24(31)32)22(28-18)13-6-16(26)17(27)7-15(13)25/h4,6-8,12,20H,2-3,5,9-10H2,1H3. The molecule has 0 saturated carbocycles. The van der Waals surface area contributed by atoms with Crippen LogP contribution >= 0.6 is 11.5 Å². The molecule has 0 bridgehead atoms. The topological polar surface area (TPSA) is 78.6 Å². The van der Waals surface area contributed by atoms with Gasteiger partial charge in [-0.2, -0.15) is 4.37 Å². The number of hydrogen-bond donors (Lipinski definition) is 0. The van der Waals surface area contributed by atoms with Crippen LogP contribution in [0.4, 0.5) is 13.2 Å². The van der Waals surface area contributed by atoms with E-state index in [4.69, 9.17) is 9.47 Å². The normalized spacial score (nSPS) is 19.9. The maximum atomic E-state index is 14.9. The summed E-state index contributed by atoms with van der Waals surface area (Å²) in [4.78, 5) is 23.4. The number of halogens is 3. The van der Waals surface area contributed by atoms with Crippen molar-refractivity contribution in [2.45, 2.75) is 45.0 Å². The third-order valence-corrected chi connectivity index (χ3v) is 7.40. The Balaban J connectivity index is 1.53. The van der Waals surface area contributed by atoms with Gasteiger partial charge in [0.2, 0.25) is 0 Å². The fourth-order valence-corrected chi connectivity index (χ4v) is 5.44. The second-order valence-corrected chi connectivity index (χ2v) is 9.58. The molecule has 2 aliphatic rings. The van der Waals surface area contributed by atoms with Crippen LogP contribution in [0.25, 0.3) is 16.9 Å². The molecule has 180 valence electrons. The zero-order chi connectivity index (χ0) is 24.3. The molecular weight excluding hydrogens is 481 g/mol. The minimum atomic E-state index is -1.31. The molecule has 0 radical (unpaired) electrons. The Labute approximate surface area is 201 Å². The summed E-state index contributed by atoms with van der Waals surface area (Å²) in [7, 11) is 0. The maximum absolute atomic E-state index is 14.9. The first-order valence-electron chi connectivity index (χ1n) is 11.1. The van der Waals surface area contributed by atoms with Crippen LogP contribution < -0.4 is 5.56 Å². The Kier molecular flexibility index (Phi) is 5.42. The molecule has 7 nitrogen and oxygen atoms in total. The van der Waals surface area contributed by atoms with E-state index in [2.05, 4.69) is 14.3 Å². The molecule has 0 amide bonds. The summed E-state index contributed by atoms with van der Waals surface area (Å²) < 4.78 is 59.7. The molecule has 2 aliphatic heterocycles. The third-order valence-electron chi connectivity index (χ3n) is 6.42. The second-order valence-electron chi connectivity index (χ2n) is 8.74. The molecule has 6 rings (SSSR count). The van der Waals surface area contributed by atoms with Crippen LogP contribution in [0.1, 0.15) is 52.4 Å². The van der Waals surface area contributed by atoms with Crippen LogP contribution in [0.15, 0.2) is 29.2 Å². The van der Waals surface area contributed by atoms with Gasteiger partial charge in [0.25, 0.3) is 5.56 Å². The summed E-state index contributed by atoms with van der Waals surface area (Å²) in [5, 5.41) is 0. The molecule has 0 aliphatic carbocycles. The molecule has 0 N–H and O–H groups in total. The van der Waals surface area contributed by atoms with Crippen molar-refractivity contribution in [3.05, 3.63) is 79.7 Å². The lowest BCUT2D eigenvalue weighted by Crippen LogP contribution is -2.24. The van der Waals surface area contributed by atoms with Crippen molar-refractivity contribution < 1.29 is 22.6 Å². The Morgan fingerprint density at radius 2 is 1.91 bits per heavy atom. The van der Waals surface area contributed by atoms with Gasteiger partial charge in [-0.05, 0) is 43.4 Å². The Morgan fingerprint density at radius 3 is 2.71 bits per heavy atom. The molecule has 1 aromatic carbocycles. The lowest BCUT2D eigenvalue weighted by Gasteiger charge is -2.29. The third kappa shape index (κ3) is 3.83. The van der Waals surface area contributed by atoms with Crippen molar-refractivity contribution in [3.63, 3.8) is 0 Å². The van der Waals surface area contributed by atoms with E-state index in [1.807, 2.05) is 13.0 Å². The molecule has 1 fully saturated rings. The van der Waals surface area contributed by atoms with E-state index in [1.54, 1.807) is 6.20 Å². The van der Waals surface area contributed by atoms with Gasteiger partial charge in [-0.15, -0.1) is 0 Å². The molecule has 2 atom stereocenters. The van der Waals surface area contributed by atoms with Gasteiger partial charge in [-0.1, -0.05) is 0 Å². The van der Waals surface area contributed by atoms with E-state index in [0.717, 1.165) is 16.6 Å². The van der Waals surface area contributed by atoms with Crippen molar-refractivity contribution in [1.29, 1.82) is 0 Å². The number of hydrogen-bond acceptors (Lipinski definition) is 7. The number of rotatable bonds is 3. The Bertz CT molecular complexity index is 1540. The minimum absolute atomic E-state index is 0.0256. The average molecular weight is 501 g/mol. The highest BCUT2D eigenvalue weighted by Gasteiger charge is 2.30. The molecule has 4 aromatic rings. The monoisotopic (exact) mass is 500 g/mol. The fraction of sp³-hybridized carbons (Fsp3) is 0.333. The van der Waals surface area contributed by atoms with Gasteiger partial charge in [0, 0.05) is 30.4 Å². The second kappa shape index (κ2) is 8.51. The van der Waals surface area contributed by atoms with Crippen molar-refractivity contribution in [1.82, 2.24) is 18.7 Å². The number of ether oxygens (including phenoxy) is 2. The first-order valence-corrected chi connectivity index (χ1v) is 11.9. The number of aryl methyl sites for hydroxylation is 1. The molecule has 5 heterocycles. The molecule has 11 heteroatoms. The SMILES string of the molecule is Cc1cc(C2CC(c3cn4c(=O)c5c(nc4c(-c4cc(F)c(F)cc4F)n3)COC5)CCO2)sn1. The van der Waals surface area contributed by atoms with Gasteiger partial charge in [0.15, 0.2) is 17.3 Å². The summed E-state index contributed by atoms with van der Waals surface area (Å²) in [6, 6.07) is 3.20. The number of benzene rings is 1. The quantitative estimate of drug-likeness (QED) is 0.383. The molecule has 0 spiro atoms. The summed E-state index contributed by atoms with van der Waals surface area (Å²) in [5.74, 6) is -3.64.